The Balaban J connectivity index is 1.53. The Morgan fingerprint density at radius 3 is 2.48 bits per heavy atom. The molecular formula is C39H54BrN3O7. The third kappa shape index (κ3) is 7.19. The van der Waals surface area contributed by atoms with E-state index in [4.69, 9.17) is 9.47 Å². The summed E-state index contributed by atoms with van der Waals surface area (Å²) in [6, 6.07) is 6.97. The number of halogens is 1. The molecule has 1 aromatic rings. The predicted molar refractivity (Wildman–Crippen MR) is 194 cm³/mol. The molecule has 10 atom stereocenters. The van der Waals surface area contributed by atoms with Crippen molar-refractivity contribution in [1.29, 1.82) is 0 Å². The van der Waals surface area contributed by atoms with Crippen LogP contribution in [0, 0.1) is 17.8 Å². The molecule has 4 aliphatic rings. The van der Waals surface area contributed by atoms with E-state index in [0.29, 0.717) is 31.4 Å². The van der Waals surface area contributed by atoms with Crippen molar-refractivity contribution in [2.75, 3.05) is 13.2 Å². The van der Waals surface area contributed by atoms with Gasteiger partial charge >= 0.3 is 5.97 Å². The fourth-order valence-electron chi connectivity index (χ4n) is 8.84. The maximum absolute atomic E-state index is 15.0. The molecule has 1 aliphatic carbocycles. The van der Waals surface area contributed by atoms with E-state index < -0.39 is 53.7 Å². The smallest absolute Gasteiger partial charge is 0.313 e. The maximum atomic E-state index is 15.0. The van der Waals surface area contributed by atoms with Crippen LogP contribution in [0.15, 0.2) is 55.6 Å². The third-order valence-corrected chi connectivity index (χ3v) is 12.3. The summed E-state index contributed by atoms with van der Waals surface area (Å²) in [6.45, 7) is 13.4. The van der Waals surface area contributed by atoms with Crippen LogP contribution >= 0.6 is 15.9 Å². The van der Waals surface area contributed by atoms with E-state index in [0.717, 1.165) is 32.1 Å². The molecule has 2 N–H and O–H groups in total. The number of carbonyl (C=O) groups is 4. The maximum Gasteiger partial charge on any atom is 0.313 e. The first-order valence-corrected chi connectivity index (χ1v) is 19.3. The number of carbonyl (C=O) groups excluding carboxylic acids is 4. The van der Waals surface area contributed by atoms with Gasteiger partial charge in [-0.25, -0.2) is 0 Å². The molecule has 1 aromatic carbocycles. The Kier molecular flexibility index (Phi) is 12.6. The fraction of sp³-hybridized carbons (Fsp3) is 0.641. The van der Waals surface area contributed by atoms with Crippen LogP contribution in [0.25, 0.3) is 0 Å². The summed E-state index contributed by atoms with van der Waals surface area (Å²) in [5.41, 5.74) is -0.595. The number of allylic oxidation sites excluding steroid dienone is 1. The number of nitrogens with one attached hydrogen (secondary N) is 1. The van der Waals surface area contributed by atoms with E-state index >= 15 is 4.79 Å². The summed E-state index contributed by atoms with van der Waals surface area (Å²) < 4.78 is 13.1. The van der Waals surface area contributed by atoms with Crippen LogP contribution in [0.5, 0.6) is 0 Å². The van der Waals surface area contributed by atoms with E-state index in [1.54, 1.807) is 24.0 Å². The average Bonchev–Trinajstić information content (AvgIpc) is 3.72. The monoisotopic (exact) mass is 755 g/mol. The number of alkyl halides is 1. The number of rotatable bonds is 16. The van der Waals surface area contributed by atoms with Gasteiger partial charge in [-0.2, -0.15) is 0 Å². The van der Waals surface area contributed by atoms with Crippen LogP contribution in [-0.2, 0) is 28.7 Å². The van der Waals surface area contributed by atoms with Gasteiger partial charge in [0.05, 0.1) is 36.6 Å². The van der Waals surface area contributed by atoms with Gasteiger partial charge in [0.15, 0.2) is 0 Å². The SMILES string of the molecule is C=CCCC(=O)N[C@@H](C)[C@H](OC(=O)[C@@H]1[C@H]2O[C@@]3(CC2Br)[C@H](C(=O)N(CC=C)C2CCCCC2)N([C@@H](CO)[C@@H](C)CC)C(=O)[C@@H]13)c1ccccc1. The first-order valence-electron chi connectivity index (χ1n) is 18.4. The molecule has 1 saturated carbocycles. The van der Waals surface area contributed by atoms with Gasteiger partial charge in [-0.1, -0.05) is 97.9 Å². The molecule has 1 spiro atoms. The van der Waals surface area contributed by atoms with Crippen molar-refractivity contribution >= 4 is 39.6 Å². The highest BCUT2D eigenvalue weighted by Gasteiger charge is 2.78. The number of hydrogen-bond acceptors (Lipinski definition) is 7. The van der Waals surface area contributed by atoms with Crippen molar-refractivity contribution in [2.45, 2.75) is 125 Å². The van der Waals surface area contributed by atoms with Crippen LogP contribution in [-0.4, -0.2) is 92.4 Å². The van der Waals surface area contributed by atoms with Crippen molar-refractivity contribution < 1.29 is 33.8 Å². The molecule has 2 bridgehead atoms. The van der Waals surface area contributed by atoms with Gasteiger partial charge in [0.2, 0.25) is 17.7 Å². The normalized spacial score (nSPS) is 29.8. The second-order valence-corrected chi connectivity index (χ2v) is 15.7. The Hall–Kier alpha value is -3.02. The van der Waals surface area contributed by atoms with Crippen LogP contribution in [0.1, 0.15) is 90.2 Å². The zero-order valence-corrected chi connectivity index (χ0v) is 31.3. The first-order chi connectivity index (χ1) is 24.0. The number of aliphatic hydroxyl groups excluding tert-OH is 1. The van der Waals surface area contributed by atoms with E-state index in [-0.39, 0.29) is 47.5 Å². The molecule has 274 valence electrons. The second kappa shape index (κ2) is 16.5. The van der Waals surface area contributed by atoms with Crippen LogP contribution in [0.3, 0.4) is 0 Å². The number of ether oxygens (including phenoxy) is 2. The van der Waals surface area contributed by atoms with Gasteiger partial charge in [-0.05, 0) is 44.1 Å². The van der Waals surface area contributed by atoms with Crippen molar-refractivity contribution in [3.05, 3.63) is 61.2 Å². The molecule has 3 saturated heterocycles. The molecule has 50 heavy (non-hydrogen) atoms. The summed E-state index contributed by atoms with van der Waals surface area (Å²) in [7, 11) is 0. The lowest BCUT2D eigenvalue weighted by molar-refractivity contribution is -0.163. The highest BCUT2D eigenvalue weighted by molar-refractivity contribution is 9.09. The highest BCUT2D eigenvalue weighted by atomic mass is 79.9. The van der Waals surface area contributed by atoms with Crippen LogP contribution in [0.4, 0.5) is 0 Å². The summed E-state index contributed by atoms with van der Waals surface area (Å²) in [5.74, 6) is -3.50. The van der Waals surface area contributed by atoms with E-state index in [1.165, 1.54) is 0 Å². The lowest BCUT2D eigenvalue weighted by atomic mass is 9.70. The molecule has 1 unspecified atom stereocenters. The zero-order chi connectivity index (χ0) is 36.2. The summed E-state index contributed by atoms with van der Waals surface area (Å²) in [4.78, 5) is 60.2. The van der Waals surface area contributed by atoms with E-state index in [2.05, 4.69) is 34.4 Å². The quantitative estimate of drug-likeness (QED) is 0.134. The molecule has 3 heterocycles. The number of benzene rings is 1. The van der Waals surface area contributed by atoms with Crippen molar-refractivity contribution in [2.24, 2.45) is 17.8 Å². The van der Waals surface area contributed by atoms with Crippen molar-refractivity contribution in [3.63, 3.8) is 0 Å². The summed E-state index contributed by atoms with van der Waals surface area (Å²) >= 11 is 3.77. The van der Waals surface area contributed by atoms with Gasteiger partial charge < -0.3 is 29.7 Å². The Morgan fingerprint density at radius 1 is 1.16 bits per heavy atom. The highest BCUT2D eigenvalue weighted by Crippen LogP contribution is 2.61. The summed E-state index contributed by atoms with van der Waals surface area (Å²) in [5, 5.41) is 13.7. The Morgan fingerprint density at radius 2 is 1.86 bits per heavy atom. The molecule has 11 heteroatoms. The molecule has 3 aliphatic heterocycles. The minimum Gasteiger partial charge on any atom is -0.455 e. The van der Waals surface area contributed by atoms with Gasteiger partial charge in [0, 0.05) is 23.8 Å². The standard InChI is InChI=1S/C39H54BrN3O7/c1-6-9-20-30(45)41-25(5)33(26-16-12-10-13-17-26)49-38(48)31-32-36(46)43(29(23-44)24(4)8-3)35(39(32)22-28(40)34(31)50-39)37(47)42(21-7-2)27-18-14-11-15-19-27/h6-7,10,12-13,16-17,24-25,27-29,31-35,44H,1-2,8-9,11,14-15,18-23H2,3-5H3,(H,41,45)/t24-,25-,28?,29-,31-,32+,33-,34-,35-,39+/m0/s1. The number of amides is 3. The molecule has 5 rings (SSSR count). The number of fused-ring (bicyclic) bond motifs is 1. The number of nitrogens with zero attached hydrogens (tertiary/aromatic N) is 2. The number of likely N-dealkylation sites (tertiary alicyclic amines) is 1. The van der Waals surface area contributed by atoms with Gasteiger partial charge in [-0.3, -0.25) is 19.2 Å². The first kappa shape index (κ1) is 38.2. The molecule has 10 nitrogen and oxygen atoms in total. The van der Waals surface area contributed by atoms with Gasteiger partial charge in [0.1, 0.15) is 17.7 Å². The molecule has 0 aromatic heterocycles. The average molecular weight is 757 g/mol. The lowest BCUT2D eigenvalue weighted by Crippen LogP contribution is -2.61. The van der Waals surface area contributed by atoms with Crippen molar-refractivity contribution in [1.82, 2.24) is 15.1 Å². The number of esters is 1. The Bertz CT molecular complexity index is 1400. The molecular weight excluding hydrogens is 702 g/mol. The van der Waals surface area contributed by atoms with Gasteiger partial charge in [-0.15, -0.1) is 13.2 Å². The molecule has 3 amide bonds. The lowest BCUT2D eigenvalue weighted by Gasteiger charge is -2.43. The largest absolute Gasteiger partial charge is 0.455 e. The minimum atomic E-state index is -1.29. The predicted octanol–water partition coefficient (Wildman–Crippen LogP) is 5.24. The number of hydrogen-bond donors (Lipinski definition) is 2. The second-order valence-electron chi connectivity index (χ2n) is 14.6. The van der Waals surface area contributed by atoms with Gasteiger partial charge in [0.25, 0.3) is 0 Å². The van der Waals surface area contributed by atoms with Crippen LogP contribution in [0.2, 0.25) is 0 Å². The third-order valence-electron chi connectivity index (χ3n) is 11.5. The Labute approximate surface area is 305 Å². The minimum absolute atomic E-state index is 0.00627. The fourth-order valence-corrected chi connectivity index (χ4v) is 9.78. The van der Waals surface area contributed by atoms with Crippen molar-refractivity contribution in [3.8, 4) is 0 Å². The zero-order valence-electron chi connectivity index (χ0n) is 29.7. The molecule has 4 fully saturated rings. The number of aliphatic hydroxyl groups is 1. The topological polar surface area (TPSA) is 125 Å². The van der Waals surface area contributed by atoms with Crippen LogP contribution < -0.4 is 5.32 Å². The van der Waals surface area contributed by atoms with E-state index in [9.17, 15) is 19.5 Å². The summed E-state index contributed by atoms with van der Waals surface area (Å²) in [6.07, 6.45) is 8.55. The van der Waals surface area contributed by atoms with E-state index in [1.807, 2.05) is 49.1 Å². The molecule has 0 radical (unpaired) electrons.